The number of rotatable bonds is 5. The maximum absolute atomic E-state index is 12.8. The Kier molecular flexibility index (Phi) is 6.10. The fourth-order valence-electron chi connectivity index (χ4n) is 3.59. The van der Waals surface area contributed by atoms with E-state index in [1.807, 2.05) is 0 Å². The molecule has 0 atom stereocenters. The maximum Gasteiger partial charge on any atom is 0.302 e. The van der Waals surface area contributed by atoms with Crippen LogP contribution in [0.3, 0.4) is 0 Å². The van der Waals surface area contributed by atoms with Gasteiger partial charge in [-0.25, -0.2) is 4.98 Å². The van der Waals surface area contributed by atoms with Crippen LogP contribution in [-0.4, -0.2) is 83.6 Å². The number of nitrogens with zero attached hydrogens (tertiary/aromatic N) is 3. The molecule has 9 heteroatoms. The van der Waals surface area contributed by atoms with Gasteiger partial charge in [-0.3, -0.25) is 14.4 Å². The molecule has 0 aliphatic carbocycles. The summed E-state index contributed by atoms with van der Waals surface area (Å²) in [6.07, 6.45) is 4.67. The Morgan fingerprint density at radius 2 is 1.89 bits per heavy atom. The minimum Gasteiger partial charge on any atom is -0.465 e. The number of aromatic nitrogens is 2. The topological polar surface area (TPSA) is 105 Å². The zero-order valence-electron chi connectivity index (χ0n) is 15.6. The van der Waals surface area contributed by atoms with Crippen LogP contribution in [0.25, 0.3) is 0 Å². The quantitative estimate of drug-likeness (QED) is 0.746. The van der Waals surface area contributed by atoms with Crippen molar-refractivity contribution in [1.82, 2.24) is 19.8 Å². The Hall–Kier alpha value is -2.42. The average molecular weight is 378 g/mol. The number of likely N-dealkylation sites (tertiary alicyclic amines) is 1. The summed E-state index contributed by atoms with van der Waals surface area (Å²) in [5, 5.41) is 0. The monoisotopic (exact) mass is 378 g/mol. The highest BCUT2D eigenvalue weighted by Crippen LogP contribution is 2.36. The van der Waals surface area contributed by atoms with Gasteiger partial charge in [-0.05, 0) is 12.8 Å². The van der Waals surface area contributed by atoms with Crippen molar-refractivity contribution in [3.05, 3.63) is 18.2 Å². The minimum atomic E-state index is -0.443. The molecule has 0 spiro atoms. The van der Waals surface area contributed by atoms with E-state index in [-0.39, 0.29) is 24.4 Å². The molecule has 0 saturated carbocycles. The SMILES string of the molecule is CC(=O)OCC1(CC(=O)N2CCOCC2)CCN(C(=O)c2ncc[nH]2)CC1. The number of nitrogens with one attached hydrogen (secondary N) is 1. The van der Waals surface area contributed by atoms with E-state index in [4.69, 9.17) is 9.47 Å². The van der Waals surface area contributed by atoms with Crippen LogP contribution < -0.4 is 0 Å². The molecule has 0 radical (unpaired) electrons. The van der Waals surface area contributed by atoms with Gasteiger partial charge in [-0.15, -0.1) is 0 Å². The highest BCUT2D eigenvalue weighted by molar-refractivity contribution is 5.90. The van der Waals surface area contributed by atoms with Crippen molar-refractivity contribution in [1.29, 1.82) is 0 Å². The fourth-order valence-corrected chi connectivity index (χ4v) is 3.59. The lowest BCUT2D eigenvalue weighted by Crippen LogP contribution is -2.49. The number of amides is 2. The Morgan fingerprint density at radius 1 is 1.19 bits per heavy atom. The molecule has 0 aromatic carbocycles. The highest BCUT2D eigenvalue weighted by atomic mass is 16.5. The number of piperidine rings is 1. The molecule has 1 aromatic heterocycles. The van der Waals surface area contributed by atoms with Crippen molar-refractivity contribution in [2.24, 2.45) is 5.41 Å². The average Bonchev–Trinajstić information content (AvgIpc) is 3.22. The van der Waals surface area contributed by atoms with Crippen LogP contribution in [0.2, 0.25) is 0 Å². The summed E-state index contributed by atoms with van der Waals surface area (Å²) >= 11 is 0. The van der Waals surface area contributed by atoms with Crippen molar-refractivity contribution in [2.45, 2.75) is 26.2 Å². The van der Waals surface area contributed by atoms with Gasteiger partial charge in [0, 0.05) is 57.3 Å². The highest BCUT2D eigenvalue weighted by Gasteiger charge is 2.40. The normalized spacial score (nSPS) is 19.6. The molecule has 2 fully saturated rings. The first-order chi connectivity index (χ1) is 13.0. The fraction of sp³-hybridized carbons (Fsp3) is 0.667. The number of imidazole rings is 1. The lowest BCUT2D eigenvalue weighted by atomic mass is 9.75. The standard InChI is InChI=1S/C18H26N4O5/c1-14(23)27-13-18(12-15(24)21-8-10-26-11-9-21)2-6-22(7-3-18)17(25)16-19-4-5-20-16/h4-5H,2-3,6-13H2,1H3,(H,19,20). The van der Waals surface area contributed by atoms with E-state index >= 15 is 0 Å². The Labute approximate surface area is 158 Å². The number of carbonyl (C=O) groups is 3. The molecule has 2 amide bonds. The number of carbonyl (C=O) groups excluding carboxylic acids is 3. The number of aromatic amines is 1. The molecule has 9 nitrogen and oxygen atoms in total. The molecule has 2 aliphatic rings. The molecule has 27 heavy (non-hydrogen) atoms. The largest absolute Gasteiger partial charge is 0.465 e. The number of hydrogen-bond donors (Lipinski definition) is 1. The summed E-state index contributed by atoms with van der Waals surface area (Å²) in [6, 6.07) is 0. The lowest BCUT2D eigenvalue weighted by molar-refractivity contribution is -0.150. The van der Waals surface area contributed by atoms with Gasteiger partial charge in [0.2, 0.25) is 5.91 Å². The molecule has 148 valence electrons. The first-order valence-electron chi connectivity index (χ1n) is 9.27. The van der Waals surface area contributed by atoms with E-state index in [1.165, 1.54) is 6.92 Å². The summed E-state index contributed by atoms with van der Waals surface area (Å²) in [4.78, 5) is 46.9. The molecule has 3 rings (SSSR count). The third kappa shape index (κ3) is 4.85. The predicted molar refractivity (Wildman–Crippen MR) is 94.8 cm³/mol. The molecular formula is C18H26N4O5. The van der Waals surface area contributed by atoms with Crippen molar-refractivity contribution < 1.29 is 23.9 Å². The first-order valence-corrected chi connectivity index (χ1v) is 9.27. The van der Waals surface area contributed by atoms with Crippen molar-refractivity contribution in [2.75, 3.05) is 46.0 Å². The molecule has 2 saturated heterocycles. The van der Waals surface area contributed by atoms with Crippen LogP contribution in [0.1, 0.15) is 36.8 Å². The van der Waals surface area contributed by atoms with Crippen molar-refractivity contribution in [3.63, 3.8) is 0 Å². The van der Waals surface area contributed by atoms with E-state index in [0.717, 1.165) is 0 Å². The lowest BCUT2D eigenvalue weighted by Gasteiger charge is -2.42. The van der Waals surface area contributed by atoms with E-state index in [1.54, 1.807) is 22.2 Å². The van der Waals surface area contributed by atoms with Gasteiger partial charge >= 0.3 is 5.97 Å². The molecular weight excluding hydrogens is 352 g/mol. The van der Waals surface area contributed by atoms with Crippen LogP contribution >= 0.6 is 0 Å². The van der Waals surface area contributed by atoms with Crippen LogP contribution in [0.5, 0.6) is 0 Å². The number of ether oxygens (including phenoxy) is 2. The van der Waals surface area contributed by atoms with Crippen LogP contribution in [0.15, 0.2) is 12.4 Å². The second-order valence-corrected chi connectivity index (χ2v) is 7.18. The molecule has 1 aromatic rings. The Morgan fingerprint density at radius 3 is 2.48 bits per heavy atom. The Bertz CT molecular complexity index is 661. The molecule has 1 N–H and O–H groups in total. The van der Waals surface area contributed by atoms with E-state index in [2.05, 4.69) is 9.97 Å². The number of morpholine rings is 1. The van der Waals surface area contributed by atoms with Gasteiger partial charge < -0.3 is 24.3 Å². The van der Waals surface area contributed by atoms with Crippen LogP contribution in [-0.2, 0) is 19.1 Å². The number of esters is 1. The van der Waals surface area contributed by atoms with Crippen LogP contribution in [0, 0.1) is 5.41 Å². The zero-order valence-corrected chi connectivity index (χ0v) is 15.6. The molecule has 2 aliphatic heterocycles. The zero-order chi connectivity index (χ0) is 19.3. The smallest absolute Gasteiger partial charge is 0.302 e. The summed E-state index contributed by atoms with van der Waals surface area (Å²) in [6.45, 7) is 4.84. The summed E-state index contributed by atoms with van der Waals surface area (Å²) in [5.41, 5.74) is -0.443. The summed E-state index contributed by atoms with van der Waals surface area (Å²) in [5.74, 6) is -0.147. The summed E-state index contributed by atoms with van der Waals surface area (Å²) in [7, 11) is 0. The summed E-state index contributed by atoms with van der Waals surface area (Å²) < 4.78 is 10.6. The second kappa shape index (κ2) is 8.51. The molecule has 0 unspecified atom stereocenters. The number of hydrogen-bond acceptors (Lipinski definition) is 6. The first kappa shape index (κ1) is 19.3. The Balaban J connectivity index is 1.64. The van der Waals surface area contributed by atoms with E-state index in [0.29, 0.717) is 64.5 Å². The number of H-pyrrole nitrogens is 1. The van der Waals surface area contributed by atoms with E-state index < -0.39 is 5.41 Å². The minimum absolute atomic E-state index is 0.0521. The van der Waals surface area contributed by atoms with Crippen molar-refractivity contribution >= 4 is 17.8 Å². The predicted octanol–water partition coefficient (Wildman–Crippen LogP) is 0.444. The van der Waals surface area contributed by atoms with Gasteiger partial charge in [0.25, 0.3) is 5.91 Å². The van der Waals surface area contributed by atoms with E-state index in [9.17, 15) is 14.4 Å². The second-order valence-electron chi connectivity index (χ2n) is 7.18. The maximum atomic E-state index is 12.8. The van der Waals surface area contributed by atoms with Gasteiger partial charge in [-0.1, -0.05) is 0 Å². The van der Waals surface area contributed by atoms with Gasteiger partial charge in [-0.2, -0.15) is 0 Å². The van der Waals surface area contributed by atoms with Gasteiger partial charge in [0.05, 0.1) is 19.8 Å². The van der Waals surface area contributed by atoms with Gasteiger partial charge in [0.15, 0.2) is 5.82 Å². The third-order valence-corrected chi connectivity index (χ3v) is 5.28. The van der Waals surface area contributed by atoms with Crippen molar-refractivity contribution in [3.8, 4) is 0 Å². The van der Waals surface area contributed by atoms with Crippen LogP contribution in [0.4, 0.5) is 0 Å². The third-order valence-electron chi connectivity index (χ3n) is 5.28. The molecule has 3 heterocycles. The molecule has 0 bridgehead atoms. The van der Waals surface area contributed by atoms with Gasteiger partial charge in [0.1, 0.15) is 0 Å².